The number of alkyl halides is 1. The number of halogens is 1. The van der Waals surface area contributed by atoms with Crippen molar-refractivity contribution in [1.82, 2.24) is 5.32 Å². The van der Waals surface area contributed by atoms with Gasteiger partial charge in [-0.25, -0.2) is 0 Å². The number of hydrogen-bond donors (Lipinski definition) is 1. The van der Waals surface area contributed by atoms with E-state index in [1.165, 1.54) is 12.8 Å². The summed E-state index contributed by atoms with van der Waals surface area (Å²) < 4.78 is 5.49. The third kappa shape index (κ3) is 4.29. The quantitative estimate of drug-likeness (QED) is 0.511. The normalized spacial score (nSPS) is 23.2. The largest absolute Gasteiger partial charge is 0.378 e. The summed E-state index contributed by atoms with van der Waals surface area (Å²) in [6, 6.07) is 0. The molecule has 1 fully saturated rings. The highest BCUT2D eigenvalue weighted by molar-refractivity contribution is 6.17. The minimum atomic E-state index is 0.522. The van der Waals surface area contributed by atoms with Crippen molar-refractivity contribution in [3.63, 3.8) is 0 Å². The Kier molecular flexibility index (Phi) is 5.74. The fourth-order valence-electron chi connectivity index (χ4n) is 1.45. The second-order valence-corrected chi connectivity index (χ2v) is 3.59. The summed E-state index contributed by atoms with van der Waals surface area (Å²) in [6.45, 7) is 3.07. The van der Waals surface area contributed by atoms with E-state index in [9.17, 15) is 0 Å². The molecule has 0 aliphatic carbocycles. The molecular formula is C9H18ClNO. The number of hydrogen-bond acceptors (Lipinski definition) is 2. The van der Waals surface area contributed by atoms with Gasteiger partial charge >= 0.3 is 0 Å². The van der Waals surface area contributed by atoms with Crippen LogP contribution in [0, 0.1) is 0 Å². The molecule has 2 nitrogen and oxygen atoms in total. The zero-order valence-corrected chi connectivity index (χ0v) is 8.28. The van der Waals surface area contributed by atoms with Crippen LogP contribution in [0.15, 0.2) is 0 Å². The monoisotopic (exact) mass is 191 g/mol. The van der Waals surface area contributed by atoms with Crippen molar-refractivity contribution in [3.8, 4) is 0 Å². The molecule has 1 saturated heterocycles. The van der Waals surface area contributed by atoms with Gasteiger partial charge in [0.05, 0.1) is 6.10 Å². The molecule has 1 heterocycles. The summed E-state index contributed by atoms with van der Waals surface area (Å²) in [5, 5.41) is 3.35. The molecule has 1 unspecified atom stereocenters. The molecular weight excluding hydrogens is 174 g/mol. The summed E-state index contributed by atoms with van der Waals surface area (Å²) in [4.78, 5) is 0. The summed E-state index contributed by atoms with van der Waals surface area (Å²) in [7, 11) is 0. The zero-order chi connectivity index (χ0) is 8.65. The van der Waals surface area contributed by atoms with Crippen molar-refractivity contribution in [3.05, 3.63) is 0 Å². The Morgan fingerprint density at radius 1 is 1.42 bits per heavy atom. The Bertz CT molecular complexity index is 105. The third-order valence-corrected chi connectivity index (χ3v) is 2.42. The third-order valence-electron chi connectivity index (χ3n) is 2.15. The van der Waals surface area contributed by atoms with E-state index in [1.54, 1.807) is 0 Å². The van der Waals surface area contributed by atoms with E-state index in [0.717, 1.165) is 38.4 Å². The Labute approximate surface area is 79.6 Å². The van der Waals surface area contributed by atoms with E-state index in [-0.39, 0.29) is 0 Å². The fraction of sp³-hybridized carbons (Fsp3) is 1.00. The SMILES string of the molecule is ClCCCNCCC1CCCO1. The highest BCUT2D eigenvalue weighted by Gasteiger charge is 2.13. The predicted octanol–water partition coefficient (Wildman–Crippen LogP) is 1.77. The van der Waals surface area contributed by atoms with Gasteiger partial charge in [0.25, 0.3) is 0 Å². The first kappa shape index (κ1) is 10.3. The van der Waals surface area contributed by atoms with Gasteiger partial charge in [0.15, 0.2) is 0 Å². The van der Waals surface area contributed by atoms with Crippen LogP contribution in [0.2, 0.25) is 0 Å². The van der Waals surface area contributed by atoms with Crippen LogP contribution in [0.3, 0.4) is 0 Å². The minimum absolute atomic E-state index is 0.522. The van der Waals surface area contributed by atoms with E-state index in [1.807, 2.05) is 0 Å². The molecule has 0 radical (unpaired) electrons. The van der Waals surface area contributed by atoms with Gasteiger partial charge in [0.2, 0.25) is 0 Å². The van der Waals surface area contributed by atoms with Crippen LogP contribution in [0.5, 0.6) is 0 Å². The molecule has 0 amide bonds. The van der Waals surface area contributed by atoms with Crippen molar-refractivity contribution in [2.45, 2.75) is 31.8 Å². The zero-order valence-electron chi connectivity index (χ0n) is 7.52. The lowest BCUT2D eigenvalue weighted by atomic mass is 10.2. The van der Waals surface area contributed by atoms with E-state index >= 15 is 0 Å². The summed E-state index contributed by atoms with van der Waals surface area (Å²) in [5.41, 5.74) is 0. The van der Waals surface area contributed by atoms with Gasteiger partial charge in [-0.15, -0.1) is 11.6 Å². The molecule has 0 aromatic heterocycles. The van der Waals surface area contributed by atoms with Crippen molar-refractivity contribution in [2.75, 3.05) is 25.6 Å². The van der Waals surface area contributed by atoms with Crippen LogP contribution >= 0.6 is 11.6 Å². The molecule has 1 rings (SSSR count). The molecule has 1 aliphatic heterocycles. The molecule has 0 bridgehead atoms. The maximum absolute atomic E-state index is 5.54. The van der Waals surface area contributed by atoms with Crippen LogP contribution in [-0.2, 0) is 4.74 Å². The maximum Gasteiger partial charge on any atom is 0.0588 e. The lowest BCUT2D eigenvalue weighted by Crippen LogP contribution is -2.21. The molecule has 12 heavy (non-hydrogen) atoms. The van der Waals surface area contributed by atoms with Crippen molar-refractivity contribution >= 4 is 11.6 Å². The van der Waals surface area contributed by atoms with Crippen molar-refractivity contribution in [1.29, 1.82) is 0 Å². The molecule has 0 saturated carbocycles. The van der Waals surface area contributed by atoms with Gasteiger partial charge in [0, 0.05) is 12.5 Å². The molecule has 3 heteroatoms. The Balaban J connectivity index is 1.81. The Hall–Kier alpha value is 0.210. The lowest BCUT2D eigenvalue weighted by molar-refractivity contribution is 0.104. The first-order valence-corrected chi connectivity index (χ1v) is 5.35. The first-order chi connectivity index (χ1) is 5.93. The number of ether oxygens (including phenoxy) is 1. The number of rotatable bonds is 6. The van der Waals surface area contributed by atoms with Gasteiger partial charge in [-0.1, -0.05) is 0 Å². The summed E-state index contributed by atoms with van der Waals surface area (Å²) in [6.07, 6.45) is 5.23. The van der Waals surface area contributed by atoms with E-state index in [0.29, 0.717) is 6.10 Å². The van der Waals surface area contributed by atoms with Gasteiger partial charge in [-0.3, -0.25) is 0 Å². The number of nitrogens with one attached hydrogen (secondary N) is 1. The maximum atomic E-state index is 5.54. The summed E-state index contributed by atoms with van der Waals surface area (Å²) in [5.74, 6) is 0.757. The Morgan fingerprint density at radius 3 is 3.00 bits per heavy atom. The second kappa shape index (κ2) is 6.70. The minimum Gasteiger partial charge on any atom is -0.378 e. The molecule has 0 spiro atoms. The first-order valence-electron chi connectivity index (χ1n) is 4.82. The standard InChI is InChI=1S/C9H18ClNO/c10-5-2-6-11-7-4-9-3-1-8-12-9/h9,11H,1-8H2. The van der Waals surface area contributed by atoms with Crippen LogP contribution in [-0.4, -0.2) is 31.7 Å². The predicted molar refractivity (Wildman–Crippen MR) is 51.8 cm³/mol. The molecule has 1 aliphatic rings. The van der Waals surface area contributed by atoms with Gasteiger partial charge in [0.1, 0.15) is 0 Å². The average Bonchev–Trinajstić information content (AvgIpc) is 2.57. The molecule has 1 atom stereocenters. The smallest absolute Gasteiger partial charge is 0.0588 e. The molecule has 0 aromatic rings. The van der Waals surface area contributed by atoms with Crippen molar-refractivity contribution in [2.24, 2.45) is 0 Å². The topological polar surface area (TPSA) is 21.3 Å². The lowest BCUT2D eigenvalue weighted by Gasteiger charge is -2.09. The van der Waals surface area contributed by atoms with Gasteiger partial charge < -0.3 is 10.1 Å². The van der Waals surface area contributed by atoms with Crippen LogP contribution in [0.1, 0.15) is 25.7 Å². The Morgan fingerprint density at radius 2 is 2.33 bits per heavy atom. The highest BCUT2D eigenvalue weighted by Crippen LogP contribution is 2.14. The van der Waals surface area contributed by atoms with Crippen LogP contribution in [0.4, 0.5) is 0 Å². The van der Waals surface area contributed by atoms with Gasteiger partial charge in [-0.2, -0.15) is 0 Å². The van der Waals surface area contributed by atoms with Crippen LogP contribution < -0.4 is 5.32 Å². The van der Waals surface area contributed by atoms with Crippen LogP contribution in [0.25, 0.3) is 0 Å². The molecule has 1 N–H and O–H groups in total. The van der Waals surface area contributed by atoms with E-state index < -0.39 is 0 Å². The van der Waals surface area contributed by atoms with Gasteiger partial charge in [-0.05, 0) is 38.8 Å². The van der Waals surface area contributed by atoms with E-state index in [4.69, 9.17) is 16.3 Å². The second-order valence-electron chi connectivity index (χ2n) is 3.22. The average molecular weight is 192 g/mol. The molecule has 0 aromatic carbocycles. The molecule has 72 valence electrons. The van der Waals surface area contributed by atoms with E-state index in [2.05, 4.69) is 5.32 Å². The highest BCUT2D eigenvalue weighted by atomic mass is 35.5. The fourth-order valence-corrected chi connectivity index (χ4v) is 1.59. The summed E-state index contributed by atoms with van der Waals surface area (Å²) >= 11 is 5.54. The van der Waals surface area contributed by atoms with Crippen molar-refractivity contribution < 1.29 is 4.74 Å².